The number of carbonyl (C=O) groups excluding carboxylic acids is 1. The fraction of sp³-hybridized carbons (Fsp3) is 0.818. The Morgan fingerprint density at radius 3 is 2.25 bits per heavy atom. The molecular weight excluding hydrogens is 208 g/mol. The van der Waals surface area contributed by atoms with Gasteiger partial charge in [-0.3, -0.25) is 9.59 Å². The lowest BCUT2D eigenvalue weighted by Gasteiger charge is -2.25. The minimum atomic E-state index is -0.834. The smallest absolute Gasteiger partial charge is 0.303 e. The number of hydrogen-bond acceptors (Lipinski definition) is 3. The van der Waals surface area contributed by atoms with Crippen LogP contribution < -0.4 is 11.1 Å². The van der Waals surface area contributed by atoms with Crippen LogP contribution in [0.5, 0.6) is 0 Å². The molecule has 0 heterocycles. The van der Waals surface area contributed by atoms with Crippen molar-refractivity contribution >= 4 is 11.9 Å². The highest BCUT2D eigenvalue weighted by Gasteiger charge is 2.23. The third-order valence-electron chi connectivity index (χ3n) is 2.98. The highest BCUT2D eigenvalue weighted by atomic mass is 16.4. The molecule has 0 unspecified atom stereocenters. The summed E-state index contributed by atoms with van der Waals surface area (Å²) >= 11 is 0. The number of carboxylic acids is 1. The van der Waals surface area contributed by atoms with Gasteiger partial charge in [0.2, 0.25) is 5.91 Å². The molecule has 0 spiro atoms. The van der Waals surface area contributed by atoms with Crippen molar-refractivity contribution in [3.8, 4) is 0 Å². The van der Waals surface area contributed by atoms with Crippen molar-refractivity contribution in [1.29, 1.82) is 0 Å². The number of rotatable bonds is 7. The van der Waals surface area contributed by atoms with E-state index in [9.17, 15) is 9.59 Å². The number of carboxylic acid groups (broad SMARTS) is 1. The van der Waals surface area contributed by atoms with E-state index in [-0.39, 0.29) is 30.7 Å². The van der Waals surface area contributed by atoms with Crippen LogP contribution in [0.4, 0.5) is 0 Å². The first kappa shape index (κ1) is 14.9. The third kappa shape index (κ3) is 5.70. The second kappa shape index (κ2) is 7.22. The Balaban J connectivity index is 4.31. The topological polar surface area (TPSA) is 92.4 Å². The average molecular weight is 230 g/mol. The molecule has 5 heteroatoms. The van der Waals surface area contributed by atoms with Gasteiger partial charge in [0.05, 0.1) is 13.0 Å². The molecule has 0 fully saturated rings. The summed E-state index contributed by atoms with van der Waals surface area (Å²) in [4.78, 5) is 21.7. The van der Waals surface area contributed by atoms with E-state index in [1.807, 2.05) is 20.8 Å². The number of nitrogens with two attached hydrogens (primary N) is 1. The van der Waals surface area contributed by atoms with Crippen LogP contribution in [0.15, 0.2) is 0 Å². The lowest BCUT2D eigenvalue weighted by Crippen LogP contribution is -2.37. The van der Waals surface area contributed by atoms with Gasteiger partial charge in [-0.2, -0.15) is 0 Å². The van der Waals surface area contributed by atoms with Crippen molar-refractivity contribution in [2.24, 2.45) is 23.5 Å². The first-order valence-electron chi connectivity index (χ1n) is 5.57. The van der Waals surface area contributed by atoms with E-state index in [1.54, 1.807) is 0 Å². The zero-order chi connectivity index (χ0) is 12.7. The summed E-state index contributed by atoms with van der Waals surface area (Å²) in [5, 5.41) is 11.4. The van der Waals surface area contributed by atoms with Crippen LogP contribution in [-0.4, -0.2) is 30.1 Å². The quantitative estimate of drug-likeness (QED) is 0.592. The normalized spacial score (nSPS) is 14.6. The van der Waals surface area contributed by atoms with Gasteiger partial charge in [-0.05, 0) is 17.8 Å². The molecule has 5 nitrogen and oxygen atoms in total. The van der Waals surface area contributed by atoms with Crippen molar-refractivity contribution in [2.75, 3.05) is 13.1 Å². The van der Waals surface area contributed by atoms with Crippen LogP contribution in [0.2, 0.25) is 0 Å². The molecule has 0 aromatic heterocycles. The van der Waals surface area contributed by atoms with E-state index in [4.69, 9.17) is 10.8 Å². The van der Waals surface area contributed by atoms with Gasteiger partial charge in [0, 0.05) is 6.54 Å². The maximum atomic E-state index is 11.0. The van der Waals surface area contributed by atoms with Gasteiger partial charge in [0.15, 0.2) is 0 Å². The van der Waals surface area contributed by atoms with Crippen molar-refractivity contribution < 1.29 is 14.7 Å². The summed E-state index contributed by atoms with van der Waals surface area (Å²) in [6.45, 7) is 6.42. The maximum absolute atomic E-state index is 11.0. The Kier molecular flexibility index (Phi) is 6.72. The van der Waals surface area contributed by atoms with Crippen LogP contribution in [0.3, 0.4) is 0 Å². The van der Waals surface area contributed by atoms with Crippen LogP contribution >= 0.6 is 0 Å². The summed E-state index contributed by atoms with van der Waals surface area (Å²) in [5.41, 5.74) is 5.17. The molecule has 0 aliphatic carbocycles. The predicted octanol–water partition coefficient (Wildman–Crippen LogP) is 0.444. The molecule has 0 rings (SSSR count). The molecule has 1 amide bonds. The van der Waals surface area contributed by atoms with E-state index in [1.165, 1.54) is 0 Å². The van der Waals surface area contributed by atoms with Crippen molar-refractivity contribution in [3.05, 3.63) is 0 Å². The number of amides is 1. The lowest BCUT2D eigenvalue weighted by atomic mass is 9.83. The Hall–Kier alpha value is -1.10. The second-order valence-corrected chi connectivity index (χ2v) is 4.47. The fourth-order valence-corrected chi connectivity index (χ4v) is 1.53. The summed E-state index contributed by atoms with van der Waals surface area (Å²) in [5.74, 6) is -0.493. The molecular formula is C11H22N2O3. The molecule has 4 N–H and O–H groups in total. The number of nitrogens with one attached hydrogen (secondary N) is 1. The first-order chi connectivity index (χ1) is 7.38. The molecule has 94 valence electrons. The Morgan fingerprint density at radius 1 is 1.31 bits per heavy atom. The van der Waals surface area contributed by atoms with Gasteiger partial charge in [-0.1, -0.05) is 20.8 Å². The summed E-state index contributed by atoms with van der Waals surface area (Å²) < 4.78 is 0. The zero-order valence-electron chi connectivity index (χ0n) is 10.2. The third-order valence-corrected chi connectivity index (χ3v) is 2.98. The molecule has 0 bridgehead atoms. The SMILES string of the molecule is CC(C)[C@@H](C)[C@H](CNC(=O)CN)CC(=O)O. The van der Waals surface area contributed by atoms with Crippen molar-refractivity contribution in [2.45, 2.75) is 27.2 Å². The number of aliphatic carboxylic acids is 1. The van der Waals surface area contributed by atoms with Crippen LogP contribution in [0.1, 0.15) is 27.2 Å². The van der Waals surface area contributed by atoms with Crippen LogP contribution in [0.25, 0.3) is 0 Å². The van der Waals surface area contributed by atoms with E-state index in [0.29, 0.717) is 12.5 Å². The standard InChI is InChI=1S/C11H22N2O3/c1-7(2)8(3)9(4-11(15)16)6-13-10(14)5-12/h7-9H,4-6,12H2,1-3H3,(H,13,14)(H,15,16)/t8-,9+/m1/s1. The van der Waals surface area contributed by atoms with E-state index in [2.05, 4.69) is 5.32 Å². The molecule has 0 saturated heterocycles. The molecule has 2 atom stereocenters. The molecule has 0 radical (unpaired) electrons. The van der Waals surface area contributed by atoms with Crippen LogP contribution in [-0.2, 0) is 9.59 Å². The van der Waals surface area contributed by atoms with Gasteiger partial charge >= 0.3 is 5.97 Å². The second-order valence-electron chi connectivity index (χ2n) is 4.47. The van der Waals surface area contributed by atoms with Gasteiger partial charge in [-0.25, -0.2) is 0 Å². The monoisotopic (exact) mass is 230 g/mol. The summed E-state index contributed by atoms with van der Waals surface area (Å²) in [6, 6.07) is 0. The maximum Gasteiger partial charge on any atom is 0.303 e. The van der Waals surface area contributed by atoms with Gasteiger partial charge in [-0.15, -0.1) is 0 Å². The Morgan fingerprint density at radius 2 is 1.88 bits per heavy atom. The molecule has 16 heavy (non-hydrogen) atoms. The number of carbonyl (C=O) groups is 2. The predicted molar refractivity (Wildman–Crippen MR) is 61.8 cm³/mol. The Bertz CT molecular complexity index is 241. The van der Waals surface area contributed by atoms with E-state index >= 15 is 0 Å². The number of hydrogen-bond donors (Lipinski definition) is 3. The van der Waals surface area contributed by atoms with Gasteiger partial charge in [0.1, 0.15) is 0 Å². The average Bonchev–Trinajstić information content (AvgIpc) is 2.21. The molecule has 0 aromatic carbocycles. The minimum absolute atomic E-state index is 0.0481. The van der Waals surface area contributed by atoms with Gasteiger partial charge < -0.3 is 16.2 Å². The largest absolute Gasteiger partial charge is 0.481 e. The van der Waals surface area contributed by atoms with Crippen LogP contribution in [0, 0.1) is 17.8 Å². The lowest BCUT2D eigenvalue weighted by molar-refractivity contribution is -0.139. The summed E-state index contributed by atoms with van der Waals surface area (Å²) in [7, 11) is 0. The molecule has 0 aliphatic heterocycles. The first-order valence-corrected chi connectivity index (χ1v) is 5.57. The highest BCUT2D eigenvalue weighted by molar-refractivity contribution is 5.77. The Labute approximate surface area is 96.4 Å². The molecule has 0 aromatic rings. The minimum Gasteiger partial charge on any atom is -0.481 e. The fourth-order valence-electron chi connectivity index (χ4n) is 1.53. The molecule has 0 aliphatic rings. The van der Waals surface area contributed by atoms with Crippen molar-refractivity contribution in [3.63, 3.8) is 0 Å². The van der Waals surface area contributed by atoms with Gasteiger partial charge in [0.25, 0.3) is 0 Å². The van der Waals surface area contributed by atoms with E-state index in [0.717, 1.165) is 0 Å². The summed E-state index contributed by atoms with van der Waals surface area (Å²) in [6.07, 6.45) is 0.0736. The highest BCUT2D eigenvalue weighted by Crippen LogP contribution is 2.22. The molecule has 0 saturated carbocycles. The zero-order valence-corrected chi connectivity index (χ0v) is 10.2. The van der Waals surface area contributed by atoms with E-state index < -0.39 is 5.97 Å². The van der Waals surface area contributed by atoms with Crippen molar-refractivity contribution in [1.82, 2.24) is 5.32 Å².